The van der Waals surface area contributed by atoms with Gasteiger partial charge in [-0.05, 0) is 54.7 Å². The van der Waals surface area contributed by atoms with Crippen molar-refractivity contribution in [1.29, 1.82) is 0 Å². The van der Waals surface area contributed by atoms with Crippen molar-refractivity contribution in [3.63, 3.8) is 0 Å². The van der Waals surface area contributed by atoms with Gasteiger partial charge in [0.15, 0.2) is 5.78 Å². The van der Waals surface area contributed by atoms with E-state index in [-0.39, 0.29) is 11.2 Å². The minimum Gasteiger partial charge on any atom is -0.497 e. The quantitative estimate of drug-likeness (QED) is 0.542. The Labute approximate surface area is 212 Å². The van der Waals surface area contributed by atoms with Gasteiger partial charge in [-0.3, -0.25) is 4.79 Å². The van der Waals surface area contributed by atoms with Crippen LogP contribution in [0.25, 0.3) is 0 Å². The Bertz CT molecular complexity index is 1240. The largest absolute Gasteiger partial charge is 0.497 e. The molecule has 190 valence electrons. The molecule has 2 aliphatic rings. The van der Waals surface area contributed by atoms with Crippen molar-refractivity contribution in [2.24, 2.45) is 5.41 Å². The fraction of sp³-hybridized carbons (Fsp3) is 0.379. The summed E-state index contributed by atoms with van der Waals surface area (Å²) >= 11 is 0. The van der Waals surface area contributed by atoms with Gasteiger partial charge in [0.05, 0.1) is 26.9 Å². The molecule has 7 nitrogen and oxygen atoms in total. The molecule has 2 aromatic carbocycles. The van der Waals surface area contributed by atoms with Crippen LogP contribution < -0.4 is 19.5 Å². The SMILES string of the molecule is COC(=O)C1=C(C)NC2=C(C(=O)CC(C)(C)C2)C1c1ccc(COc2ccc(OC)cc2)c(OC)c1. The van der Waals surface area contributed by atoms with Crippen LogP contribution in [0.1, 0.15) is 50.7 Å². The second-order valence-electron chi connectivity index (χ2n) is 9.96. The number of carbonyl (C=O) groups is 2. The molecule has 1 heterocycles. The highest BCUT2D eigenvalue weighted by Gasteiger charge is 2.43. The van der Waals surface area contributed by atoms with Crippen molar-refractivity contribution in [1.82, 2.24) is 5.32 Å². The lowest BCUT2D eigenvalue weighted by Gasteiger charge is -2.39. The van der Waals surface area contributed by atoms with Crippen LogP contribution in [0.5, 0.6) is 17.2 Å². The van der Waals surface area contributed by atoms with E-state index < -0.39 is 11.9 Å². The molecule has 0 radical (unpaired) electrons. The number of methoxy groups -OCH3 is 3. The third-order valence-electron chi connectivity index (χ3n) is 6.74. The van der Waals surface area contributed by atoms with Crippen molar-refractivity contribution < 1.29 is 28.5 Å². The first-order chi connectivity index (χ1) is 17.2. The number of rotatable bonds is 7. The van der Waals surface area contributed by atoms with Gasteiger partial charge in [0, 0.05) is 34.9 Å². The third kappa shape index (κ3) is 4.96. The second-order valence-corrected chi connectivity index (χ2v) is 9.96. The molecule has 1 atom stereocenters. The first-order valence-corrected chi connectivity index (χ1v) is 11.9. The number of nitrogens with one attached hydrogen (secondary N) is 1. The molecule has 36 heavy (non-hydrogen) atoms. The van der Waals surface area contributed by atoms with Crippen LogP contribution >= 0.6 is 0 Å². The molecule has 1 N–H and O–H groups in total. The molecule has 0 fully saturated rings. The predicted molar refractivity (Wildman–Crippen MR) is 136 cm³/mol. The van der Waals surface area contributed by atoms with Gasteiger partial charge in [0.2, 0.25) is 0 Å². The zero-order valence-corrected chi connectivity index (χ0v) is 21.7. The summed E-state index contributed by atoms with van der Waals surface area (Å²) in [4.78, 5) is 26.3. The van der Waals surface area contributed by atoms with Crippen LogP contribution in [0.15, 0.2) is 65.0 Å². The fourth-order valence-electron chi connectivity index (χ4n) is 5.04. The summed E-state index contributed by atoms with van der Waals surface area (Å²) in [6.07, 6.45) is 1.14. The van der Waals surface area contributed by atoms with Crippen molar-refractivity contribution >= 4 is 11.8 Å². The lowest BCUT2D eigenvalue weighted by atomic mass is 9.68. The van der Waals surface area contributed by atoms with E-state index in [1.54, 1.807) is 14.2 Å². The van der Waals surface area contributed by atoms with Crippen molar-refractivity contribution in [2.75, 3.05) is 21.3 Å². The number of carbonyl (C=O) groups excluding carboxylic acids is 2. The Kier molecular flexibility index (Phi) is 7.11. The van der Waals surface area contributed by atoms with Crippen LogP contribution in [0.3, 0.4) is 0 Å². The first-order valence-electron chi connectivity index (χ1n) is 11.9. The number of ether oxygens (including phenoxy) is 4. The monoisotopic (exact) mass is 491 g/mol. The Balaban J connectivity index is 1.71. The molecule has 0 saturated heterocycles. The van der Waals surface area contributed by atoms with E-state index in [0.29, 0.717) is 41.4 Å². The number of esters is 1. The average molecular weight is 492 g/mol. The number of benzene rings is 2. The fourth-order valence-corrected chi connectivity index (χ4v) is 5.04. The maximum absolute atomic E-state index is 13.4. The molecular formula is C29H33NO6. The molecule has 0 bridgehead atoms. The Morgan fingerprint density at radius 1 is 1.00 bits per heavy atom. The maximum Gasteiger partial charge on any atom is 0.336 e. The molecule has 0 aromatic heterocycles. The number of allylic oxidation sites excluding steroid dienone is 3. The summed E-state index contributed by atoms with van der Waals surface area (Å²) < 4.78 is 22.0. The van der Waals surface area contributed by atoms with Crippen LogP contribution in [0, 0.1) is 5.41 Å². The zero-order valence-electron chi connectivity index (χ0n) is 21.7. The summed E-state index contributed by atoms with van der Waals surface area (Å²) in [5.41, 5.74) is 4.12. The van der Waals surface area contributed by atoms with Gasteiger partial charge in [-0.25, -0.2) is 4.79 Å². The van der Waals surface area contributed by atoms with Gasteiger partial charge in [0.1, 0.15) is 23.9 Å². The molecule has 1 unspecified atom stereocenters. The normalized spacial score (nSPS) is 18.8. The highest BCUT2D eigenvalue weighted by Crippen LogP contribution is 2.47. The Hall–Kier alpha value is -3.74. The van der Waals surface area contributed by atoms with Crippen LogP contribution in [0.4, 0.5) is 0 Å². The minimum atomic E-state index is -0.539. The van der Waals surface area contributed by atoms with E-state index in [4.69, 9.17) is 18.9 Å². The van der Waals surface area contributed by atoms with E-state index >= 15 is 0 Å². The van der Waals surface area contributed by atoms with Gasteiger partial charge >= 0.3 is 5.97 Å². The standard InChI is InChI=1S/C29H33NO6/c1-17-25(28(32)35-6)26(27-22(30-17)14-29(2,3)15-23(27)31)18-7-8-19(24(13-18)34-5)16-36-21-11-9-20(33-4)10-12-21/h7-13,26,30H,14-16H2,1-6H3. The zero-order chi connectivity index (χ0) is 26.0. The summed E-state index contributed by atoms with van der Waals surface area (Å²) in [7, 11) is 4.57. The van der Waals surface area contributed by atoms with Gasteiger partial charge in [-0.2, -0.15) is 0 Å². The maximum atomic E-state index is 13.4. The minimum absolute atomic E-state index is 0.0403. The number of hydrogen-bond acceptors (Lipinski definition) is 7. The van der Waals surface area contributed by atoms with Crippen LogP contribution in [0.2, 0.25) is 0 Å². The van der Waals surface area contributed by atoms with Crippen molar-refractivity contribution in [3.8, 4) is 17.2 Å². The van der Waals surface area contributed by atoms with E-state index in [9.17, 15) is 9.59 Å². The average Bonchev–Trinajstić information content (AvgIpc) is 2.85. The lowest BCUT2D eigenvalue weighted by molar-refractivity contribution is -0.136. The molecule has 4 rings (SSSR count). The summed E-state index contributed by atoms with van der Waals surface area (Å²) in [6, 6.07) is 13.1. The number of Topliss-reactive ketones (excluding diaryl/α,β-unsaturated/α-hetero) is 1. The van der Waals surface area contributed by atoms with E-state index in [2.05, 4.69) is 19.2 Å². The van der Waals surface area contributed by atoms with Crippen LogP contribution in [-0.4, -0.2) is 33.1 Å². The third-order valence-corrected chi connectivity index (χ3v) is 6.74. The van der Waals surface area contributed by atoms with Gasteiger partial charge in [0.25, 0.3) is 0 Å². The Morgan fingerprint density at radius 2 is 1.69 bits per heavy atom. The lowest BCUT2D eigenvalue weighted by Crippen LogP contribution is -2.38. The predicted octanol–water partition coefficient (Wildman–Crippen LogP) is 5.06. The molecule has 0 spiro atoms. The summed E-state index contributed by atoms with van der Waals surface area (Å²) in [5.74, 6) is 1.12. The first kappa shape index (κ1) is 25.4. The molecule has 2 aromatic rings. The molecule has 7 heteroatoms. The summed E-state index contributed by atoms with van der Waals surface area (Å²) in [6.45, 7) is 6.31. The van der Waals surface area contributed by atoms with Gasteiger partial charge < -0.3 is 24.3 Å². The molecule has 1 aliphatic heterocycles. The van der Waals surface area contributed by atoms with E-state index in [0.717, 1.165) is 29.0 Å². The highest BCUT2D eigenvalue weighted by atomic mass is 16.5. The molecular weight excluding hydrogens is 458 g/mol. The number of hydrogen-bond donors (Lipinski definition) is 1. The topological polar surface area (TPSA) is 83.1 Å². The van der Waals surface area contributed by atoms with Crippen LogP contribution in [-0.2, 0) is 20.9 Å². The number of dihydropyridines is 1. The summed E-state index contributed by atoms with van der Waals surface area (Å²) in [5, 5.41) is 3.33. The second kappa shape index (κ2) is 10.1. The molecule has 0 saturated carbocycles. The Morgan fingerprint density at radius 3 is 2.33 bits per heavy atom. The highest BCUT2D eigenvalue weighted by molar-refractivity contribution is 6.04. The molecule has 1 aliphatic carbocycles. The number of ketones is 1. The van der Waals surface area contributed by atoms with Gasteiger partial charge in [-0.1, -0.05) is 26.0 Å². The van der Waals surface area contributed by atoms with Gasteiger partial charge in [-0.15, -0.1) is 0 Å². The molecule has 0 amide bonds. The van der Waals surface area contributed by atoms with E-state index in [1.807, 2.05) is 49.4 Å². The smallest absolute Gasteiger partial charge is 0.336 e. The van der Waals surface area contributed by atoms with E-state index in [1.165, 1.54) is 7.11 Å². The van der Waals surface area contributed by atoms with Crippen molar-refractivity contribution in [3.05, 3.63) is 76.1 Å². The van der Waals surface area contributed by atoms with Crippen molar-refractivity contribution in [2.45, 2.75) is 46.1 Å².